The molecule has 3 aromatic rings. The van der Waals surface area contributed by atoms with Crippen molar-refractivity contribution in [2.24, 2.45) is 0 Å². The highest BCUT2D eigenvalue weighted by Gasteiger charge is 2.21. The highest BCUT2D eigenvalue weighted by molar-refractivity contribution is 7.96. The molecule has 1 aliphatic carbocycles. The van der Waals surface area contributed by atoms with Gasteiger partial charge in [0.15, 0.2) is 5.69 Å². The molecule has 1 aromatic heterocycles. The van der Waals surface area contributed by atoms with Crippen molar-refractivity contribution < 1.29 is 17.9 Å². The molecule has 4 rings (SSSR count). The highest BCUT2D eigenvalue weighted by atomic mass is 32.2. The average molecular weight is 423 g/mol. The molecule has 0 unspecified atom stereocenters. The summed E-state index contributed by atoms with van der Waals surface area (Å²) >= 11 is 0. The molecule has 0 atom stereocenters. The summed E-state index contributed by atoms with van der Waals surface area (Å²) in [6.45, 7) is 2.01. The van der Waals surface area contributed by atoms with E-state index in [1.807, 2.05) is 24.3 Å². The van der Waals surface area contributed by atoms with Crippen molar-refractivity contribution in [2.75, 3.05) is 11.3 Å². The number of anilines is 1. The lowest BCUT2D eigenvalue weighted by Gasteiger charge is -2.17. The molecular formula is C22H21N3O4S. The van der Waals surface area contributed by atoms with Crippen molar-refractivity contribution in [2.45, 2.75) is 19.8 Å². The van der Waals surface area contributed by atoms with E-state index in [0.717, 1.165) is 11.1 Å². The van der Waals surface area contributed by atoms with E-state index < -0.39 is 16.0 Å². The standard InChI is InChI=1S/C22H21N3O4S/c1-2-29-22(26)21-13-14-25(23-21)19-10-8-18(9-11-19)24-30(27,28)20-12-7-16-5-3-4-6-17(16)15-20/h3-6,8-11,13-15,24H,2,7,12H2,1H3. The van der Waals surface area contributed by atoms with Gasteiger partial charge in [0.2, 0.25) is 0 Å². The first kappa shape index (κ1) is 19.9. The zero-order valence-corrected chi connectivity index (χ0v) is 17.2. The zero-order valence-electron chi connectivity index (χ0n) is 16.4. The maximum Gasteiger partial charge on any atom is 0.358 e. The molecule has 8 heteroatoms. The van der Waals surface area contributed by atoms with Gasteiger partial charge in [-0.05, 0) is 67.3 Å². The van der Waals surface area contributed by atoms with Crippen LogP contribution in [0.2, 0.25) is 0 Å². The van der Waals surface area contributed by atoms with E-state index in [4.69, 9.17) is 4.74 Å². The van der Waals surface area contributed by atoms with Gasteiger partial charge in [-0.3, -0.25) is 4.72 Å². The Balaban J connectivity index is 1.50. The van der Waals surface area contributed by atoms with Crippen LogP contribution in [0.1, 0.15) is 35.0 Å². The molecular weight excluding hydrogens is 402 g/mol. The molecule has 0 spiro atoms. The van der Waals surface area contributed by atoms with Crippen molar-refractivity contribution in [3.63, 3.8) is 0 Å². The Morgan fingerprint density at radius 2 is 1.87 bits per heavy atom. The number of rotatable bonds is 6. The van der Waals surface area contributed by atoms with E-state index in [1.54, 1.807) is 49.5 Å². The number of carbonyl (C=O) groups is 1. The number of aryl methyl sites for hydroxylation is 1. The molecule has 0 amide bonds. The molecule has 154 valence electrons. The largest absolute Gasteiger partial charge is 0.461 e. The van der Waals surface area contributed by atoms with E-state index in [9.17, 15) is 13.2 Å². The van der Waals surface area contributed by atoms with E-state index in [1.165, 1.54) is 4.68 Å². The third kappa shape index (κ3) is 4.13. The quantitative estimate of drug-likeness (QED) is 0.610. The van der Waals surface area contributed by atoms with Crippen molar-refractivity contribution in [3.8, 4) is 5.69 Å². The maximum atomic E-state index is 12.8. The van der Waals surface area contributed by atoms with Gasteiger partial charge < -0.3 is 4.74 Å². The minimum atomic E-state index is -3.64. The van der Waals surface area contributed by atoms with Crippen molar-refractivity contribution in [3.05, 3.63) is 82.5 Å². The Labute approximate surface area is 175 Å². The number of nitrogens with zero attached hydrogens (tertiary/aromatic N) is 2. The van der Waals surface area contributed by atoms with Crippen LogP contribution in [0.4, 0.5) is 5.69 Å². The van der Waals surface area contributed by atoms with E-state index in [0.29, 0.717) is 29.1 Å². The van der Waals surface area contributed by atoms with Crippen LogP contribution in [-0.2, 0) is 21.2 Å². The number of allylic oxidation sites excluding steroid dienone is 1. The summed E-state index contributed by atoms with van der Waals surface area (Å²) in [5.41, 5.74) is 3.46. The predicted molar refractivity (Wildman–Crippen MR) is 115 cm³/mol. The van der Waals surface area contributed by atoms with Crippen LogP contribution >= 0.6 is 0 Å². The van der Waals surface area contributed by atoms with Crippen LogP contribution in [-0.4, -0.2) is 30.8 Å². The molecule has 30 heavy (non-hydrogen) atoms. The molecule has 2 aromatic carbocycles. The lowest BCUT2D eigenvalue weighted by atomic mass is 9.98. The van der Waals surface area contributed by atoms with Crippen LogP contribution in [0.5, 0.6) is 0 Å². The van der Waals surface area contributed by atoms with Crippen LogP contribution in [0.3, 0.4) is 0 Å². The monoisotopic (exact) mass is 423 g/mol. The molecule has 0 aliphatic heterocycles. The lowest BCUT2D eigenvalue weighted by molar-refractivity contribution is 0.0519. The van der Waals surface area contributed by atoms with Gasteiger partial charge in [0, 0.05) is 11.9 Å². The second kappa shape index (κ2) is 8.16. The van der Waals surface area contributed by atoms with E-state index in [-0.39, 0.29) is 12.3 Å². The Bertz CT molecular complexity index is 1210. The molecule has 0 fully saturated rings. The van der Waals surface area contributed by atoms with Crippen LogP contribution in [0, 0.1) is 0 Å². The van der Waals surface area contributed by atoms with Crippen LogP contribution in [0.25, 0.3) is 11.8 Å². The van der Waals surface area contributed by atoms with Gasteiger partial charge in [0.25, 0.3) is 10.0 Å². The lowest BCUT2D eigenvalue weighted by Crippen LogP contribution is -2.17. The first-order valence-electron chi connectivity index (χ1n) is 9.61. The third-order valence-corrected chi connectivity index (χ3v) is 6.33. The summed E-state index contributed by atoms with van der Waals surface area (Å²) < 4.78 is 34.7. The summed E-state index contributed by atoms with van der Waals surface area (Å²) in [7, 11) is -3.64. The number of nitrogens with one attached hydrogen (secondary N) is 1. The number of esters is 1. The van der Waals surface area contributed by atoms with E-state index in [2.05, 4.69) is 9.82 Å². The van der Waals surface area contributed by atoms with Gasteiger partial charge in [-0.2, -0.15) is 5.10 Å². The van der Waals surface area contributed by atoms with Gasteiger partial charge in [0.1, 0.15) is 0 Å². The fourth-order valence-corrected chi connectivity index (χ4v) is 4.53. The molecule has 1 N–H and O–H groups in total. The summed E-state index contributed by atoms with van der Waals surface area (Å²) in [5.74, 6) is -0.483. The number of carbonyl (C=O) groups excluding carboxylic acids is 1. The third-order valence-electron chi connectivity index (χ3n) is 4.82. The number of fused-ring (bicyclic) bond motifs is 1. The van der Waals surface area contributed by atoms with Gasteiger partial charge >= 0.3 is 5.97 Å². The second-order valence-electron chi connectivity index (χ2n) is 6.83. The molecule has 1 aliphatic rings. The molecule has 0 bridgehead atoms. The molecule has 0 saturated carbocycles. The number of ether oxygens (including phenoxy) is 1. The summed E-state index contributed by atoms with van der Waals surface area (Å²) in [6, 6.07) is 16.2. The van der Waals surface area contributed by atoms with Crippen molar-refractivity contribution in [1.29, 1.82) is 0 Å². The number of hydrogen-bond donors (Lipinski definition) is 1. The SMILES string of the molecule is CCOC(=O)c1ccn(-c2ccc(NS(=O)(=O)C3=Cc4ccccc4CC3)cc2)n1. The Morgan fingerprint density at radius 3 is 2.63 bits per heavy atom. The van der Waals surface area contributed by atoms with Crippen LogP contribution < -0.4 is 4.72 Å². The minimum absolute atomic E-state index is 0.214. The zero-order chi connectivity index (χ0) is 21.1. The smallest absolute Gasteiger partial charge is 0.358 e. The number of sulfonamides is 1. The highest BCUT2D eigenvalue weighted by Crippen LogP contribution is 2.28. The molecule has 0 saturated heterocycles. The second-order valence-corrected chi connectivity index (χ2v) is 8.56. The Morgan fingerprint density at radius 1 is 1.10 bits per heavy atom. The molecule has 7 nitrogen and oxygen atoms in total. The maximum absolute atomic E-state index is 12.8. The van der Waals surface area contributed by atoms with Crippen LogP contribution in [0.15, 0.2) is 65.7 Å². The molecule has 0 radical (unpaired) electrons. The van der Waals surface area contributed by atoms with Gasteiger partial charge in [-0.1, -0.05) is 24.3 Å². The first-order valence-corrected chi connectivity index (χ1v) is 11.1. The number of benzene rings is 2. The topological polar surface area (TPSA) is 90.3 Å². The Kier molecular flexibility index (Phi) is 5.41. The Hall–Kier alpha value is -3.39. The summed E-state index contributed by atoms with van der Waals surface area (Å²) in [4.78, 5) is 12.1. The fraction of sp³-hybridized carbons (Fsp3) is 0.182. The molecule has 1 heterocycles. The average Bonchev–Trinajstić information content (AvgIpc) is 3.24. The van der Waals surface area contributed by atoms with Crippen molar-refractivity contribution >= 4 is 27.8 Å². The van der Waals surface area contributed by atoms with Gasteiger partial charge in [0.05, 0.1) is 17.2 Å². The summed E-state index contributed by atoms with van der Waals surface area (Å²) in [5, 5.41) is 4.19. The normalized spacial score (nSPS) is 13.3. The summed E-state index contributed by atoms with van der Waals surface area (Å²) in [6.07, 6.45) is 4.55. The van der Waals surface area contributed by atoms with E-state index >= 15 is 0 Å². The van der Waals surface area contributed by atoms with Gasteiger partial charge in [-0.15, -0.1) is 0 Å². The predicted octanol–water partition coefficient (Wildman–Crippen LogP) is 3.78. The first-order chi connectivity index (χ1) is 14.5. The fourth-order valence-electron chi connectivity index (χ4n) is 3.30. The minimum Gasteiger partial charge on any atom is -0.461 e. The van der Waals surface area contributed by atoms with Gasteiger partial charge in [-0.25, -0.2) is 17.9 Å². The number of aromatic nitrogens is 2. The van der Waals surface area contributed by atoms with Crippen molar-refractivity contribution in [1.82, 2.24) is 9.78 Å². The number of hydrogen-bond acceptors (Lipinski definition) is 5.